The molecule has 1 aromatic carbocycles. The summed E-state index contributed by atoms with van der Waals surface area (Å²) in [5, 5.41) is 13.1. The largest absolute Gasteiger partial charge is 0.397 e. The zero-order chi connectivity index (χ0) is 13.1. The lowest BCUT2D eigenvalue weighted by molar-refractivity contribution is 0.235. The van der Waals surface area contributed by atoms with E-state index in [0.717, 1.165) is 5.69 Å². The number of hydrogen-bond acceptors (Lipinski definition) is 3. The summed E-state index contributed by atoms with van der Waals surface area (Å²) in [6.45, 7) is 6.55. The molecule has 0 bridgehead atoms. The number of rotatable bonds is 4. The molecule has 0 spiro atoms. The minimum Gasteiger partial charge on any atom is -0.397 e. The molecule has 0 radical (unpaired) electrons. The Labute approximate surface area is 108 Å². The summed E-state index contributed by atoms with van der Waals surface area (Å²) >= 11 is 5.86. The van der Waals surface area contributed by atoms with Crippen LogP contribution in [0.15, 0.2) is 18.2 Å². The number of hydrogen-bond donors (Lipinski definition) is 3. The van der Waals surface area contributed by atoms with Crippen LogP contribution in [-0.4, -0.2) is 17.8 Å². The molecule has 0 aromatic heterocycles. The molecule has 1 rings (SSSR count). The molecule has 17 heavy (non-hydrogen) atoms. The lowest BCUT2D eigenvalue weighted by Gasteiger charge is -2.32. The van der Waals surface area contributed by atoms with E-state index in [1.807, 2.05) is 6.07 Å². The Morgan fingerprint density at radius 2 is 2.06 bits per heavy atom. The standard InChI is InChI=1S/C13H21ClN2O/c1-13(2,3)12(6-7-17)16-11-5-4-9(14)8-10(11)15/h4-5,8,12,16-17H,6-7,15H2,1-3H3. The molecule has 1 aromatic rings. The van der Waals surface area contributed by atoms with E-state index >= 15 is 0 Å². The van der Waals surface area contributed by atoms with Crippen molar-refractivity contribution in [2.75, 3.05) is 17.7 Å². The summed E-state index contributed by atoms with van der Waals surface area (Å²) < 4.78 is 0. The highest BCUT2D eigenvalue weighted by Crippen LogP contribution is 2.29. The van der Waals surface area contributed by atoms with Gasteiger partial charge in [0, 0.05) is 17.7 Å². The van der Waals surface area contributed by atoms with Crippen LogP contribution in [-0.2, 0) is 0 Å². The predicted octanol–water partition coefficient (Wildman–Crippen LogP) is 3.13. The number of anilines is 2. The summed E-state index contributed by atoms with van der Waals surface area (Å²) in [6.07, 6.45) is 0.686. The van der Waals surface area contributed by atoms with Crippen molar-refractivity contribution in [2.45, 2.75) is 33.2 Å². The minimum atomic E-state index is 0.0504. The van der Waals surface area contributed by atoms with Crippen molar-refractivity contribution < 1.29 is 5.11 Å². The van der Waals surface area contributed by atoms with E-state index in [2.05, 4.69) is 26.1 Å². The summed E-state index contributed by atoms with van der Waals surface area (Å²) in [7, 11) is 0. The minimum absolute atomic E-state index is 0.0504. The van der Waals surface area contributed by atoms with Crippen LogP contribution < -0.4 is 11.1 Å². The lowest BCUT2D eigenvalue weighted by atomic mass is 9.84. The third-order valence-electron chi connectivity index (χ3n) is 2.81. The number of nitrogens with one attached hydrogen (secondary N) is 1. The molecular weight excluding hydrogens is 236 g/mol. The number of halogens is 1. The topological polar surface area (TPSA) is 58.3 Å². The maximum atomic E-state index is 9.10. The van der Waals surface area contributed by atoms with Crippen molar-refractivity contribution in [3.8, 4) is 0 Å². The van der Waals surface area contributed by atoms with Gasteiger partial charge in [0.25, 0.3) is 0 Å². The summed E-state index contributed by atoms with van der Waals surface area (Å²) in [6, 6.07) is 5.56. The van der Waals surface area contributed by atoms with Crippen molar-refractivity contribution in [1.82, 2.24) is 0 Å². The Morgan fingerprint density at radius 3 is 2.53 bits per heavy atom. The number of nitrogen functional groups attached to an aromatic ring is 1. The molecule has 0 saturated carbocycles. The molecule has 3 nitrogen and oxygen atoms in total. The van der Waals surface area contributed by atoms with Gasteiger partial charge in [-0.1, -0.05) is 32.4 Å². The lowest BCUT2D eigenvalue weighted by Crippen LogP contribution is -2.35. The average molecular weight is 257 g/mol. The Kier molecular flexibility index (Phi) is 4.66. The zero-order valence-corrected chi connectivity index (χ0v) is 11.4. The first-order valence-electron chi connectivity index (χ1n) is 5.77. The van der Waals surface area contributed by atoms with Gasteiger partial charge < -0.3 is 16.2 Å². The van der Waals surface area contributed by atoms with E-state index in [4.69, 9.17) is 22.4 Å². The van der Waals surface area contributed by atoms with Crippen molar-refractivity contribution in [1.29, 1.82) is 0 Å². The van der Waals surface area contributed by atoms with Crippen LogP contribution in [0.4, 0.5) is 11.4 Å². The third-order valence-corrected chi connectivity index (χ3v) is 3.04. The summed E-state index contributed by atoms with van der Waals surface area (Å²) in [5.74, 6) is 0. The molecule has 0 fully saturated rings. The van der Waals surface area contributed by atoms with E-state index < -0.39 is 0 Å². The second kappa shape index (κ2) is 5.61. The van der Waals surface area contributed by atoms with Crippen LogP contribution in [0.2, 0.25) is 5.02 Å². The molecule has 0 saturated heterocycles. The second-order valence-corrected chi connectivity index (χ2v) is 5.74. The third kappa shape index (κ3) is 4.10. The molecule has 4 heteroatoms. The van der Waals surface area contributed by atoms with Crippen LogP contribution in [0, 0.1) is 5.41 Å². The number of nitrogens with two attached hydrogens (primary N) is 1. The van der Waals surface area contributed by atoms with Gasteiger partial charge in [0.15, 0.2) is 0 Å². The highest BCUT2D eigenvalue weighted by Gasteiger charge is 2.24. The highest BCUT2D eigenvalue weighted by atomic mass is 35.5. The number of aliphatic hydroxyl groups is 1. The van der Waals surface area contributed by atoms with Gasteiger partial charge in [0.1, 0.15) is 0 Å². The van der Waals surface area contributed by atoms with Crippen LogP contribution in [0.25, 0.3) is 0 Å². The van der Waals surface area contributed by atoms with Gasteiger partial charge in [-0.3, -0.25) is 0 Å². The first kappa shape index (κ1) is 14.1. The molecule has 1 atom stereocenters. The van der Waals surface area contributed by atoms with Gasteiger partial charge in [0.05, 0.1) is 11.4 Å². The van der Waals surface area contributed by atoms with Crippen LogP contribution in [0.3, 0.4) is 0 Å². The molecule has 1 unspecified atom stereocenters. The quantitative estimate of drug-likeness (QED) is 0.726. The van der Waals surface area contributed by atoms with Crippen LogP contribution in [0.5, 0.6) is 0 Å². The molecular formula is C13H21ClN2O. The fourth-order valence-electron chi connectivity index (χ4n) is 1.70. The maximum Gasteiger partial charge on any atom is 0.0577 e. The first-order chi connectivity index (χ1) is 7.84. The van der Waals surface area contributed by atoms with Gasteiger partial charge in [-0.25, -0.2) is 0 Å². The van der Waals surface area contributed by atoms with Gasteiger partial charge >= 0.3 is 0 Å². The zero-order valence-electron chi connectivity index (χ0n) is 10.6. The Morgan fingerprint density at radius 1 is 1.41 bits per heavy atom. The molecule has 0 amide bonds. The fourth-order valence-corrected chi connectivity index (χ4v) is 1.88. The molecule has 0 aliphatic carbocycles. The predicted molar refractivity (Wildman–Crippen MR) is 74.4 cm³/mol. The average Bonchev–Trinajstić information content (AvgIpc) is 2.19. The Bertz CT molecular complexity index is 374. The Balaban J connectivity index is 2.86. The molecule has 0 heterocycles. The molecule has 4 N–H and O–H groups in total. The normalized spacial score (nSPS) is 13.5. The van der Waals surface area contributed by atoms with Crippen LogP contribution in [0.1, 0.15) is 27.2 Å². The smallest absolute Gasteiger partial charge is 0.0577 e. The van der Waals surface area contributed by atoms with E-state index in [9.17, 15) is 0 Å². The fraction of sp³-hybridized carbons (Fsp3) is 0.538. The molecule has 0 aliphatic rings. The van der Waals surface area contributed by atoms with Crippen molar-refractivity contribution in [3.05, 3.63) is 23.2 Å². The van der Waals surface area contributed by atoms with Gasteiger partial charge in [-0.15, -0.1) is 0 Å². The van der Waals surface area contributed by atoms with Crippen molar-refractivity contribution in [3.63, 3.8) is 0 Å². The van der Waals surface area contributed by atoms with E-state index in [0.29, 0.717) is 17.1 Å². The summed E-state index contributed by atoms with van der Waals surface area (Å²) in [4.78, 5) is 0. The van der Waals surface area contributed by atoms with Crippen molar-refractivity contribution in [2.24, 2.45) is 5.41 Å². The molecule has 96 valence electrons. The SMILES string of the molecule is CC(C)(C)C(CCO)Nc1ccc(Cl)cc1N. The Hall–Kier alpha value is -0.930. The van der Waals surface area contributed by atoms with E-state index in [-0.39, 0.29) is 18.1 Å². The van der Waals surface area contributed by atoms with E-state index in [1.54, 1.807) is 12.1 Å². The monoisotopic (exact) mass is 256 g/mol. The van der Waals surface area contributed by atoms with Crippen molar-refractivity contribution >= 4 is 23.0 Å². The van der Waals surface area contributed by atoms with Gasteiger partial charge in [-0.05, 0) is 30.0 Å². The molecule has 0 aliphatic heterocycles. The van der Waals surface area contributed by atoms with Crippen LogP contribution >= 0.6 is 11.6 Å². The van der Waals surface area contributed by atoms with Gasteiger partial charge in [-0.2, -0.15) is 0 Å². The van der Waals surface area contributed by atoms with E-state index in [1.165, 1.54) is 0 Å². The number of benzene rings is 1. The van der Waals surface area contributed by atoms with Gasteiger partial charge in [0.2, 0.25) is 0 Å². The first-order valence-corrected chi connectivity index (χ1v) is 6.15. The highest BCUT2D eigenvalue weighted by molar-refractivity contribution is 6.31. The number of aliphatic hydroxyl groups excluding tert-OH is 1. The summed E-state index contributed by atoms with van der Waals surface area (Å²) in [5.41, 5.74) is 7.44. The second-order valence-electron chi connectivity index (χ2n) is 5.31. The maximum absolute atomic E-state index is 9.10.